The first kappa shape index (κ1) is 12.7. The van der Waals surface area contributed by atoms with Gasteiger partial charge in [-0.2, -0.15) is 0 Å². The molecule has 94 valence electrons. The van der Waals surface area contributed by atoms with E-state index >= 15 is 0 Å². The summed E-state index contributed by atoms with van der Waals surface area (Å²) in [5, 5.41) is 10.5. The van der Waals surface area contributed by atoms with E-state index in [1.807, 2.05) is 12.1 Å². The Hall–Kier alpha value is -0.730. The minimum absolute atomic E-state index is 0.174. The molecule has 17 heavy (non-hydrogen) atoms. The van der Waals surface area contributed by atoms with Crippen molar-refractivity contribution < 1.29 is 5.11 Å². The summed E-state index contributed by atoms with van der Waals surface area (Å²) in [5.74, 6) is 0.174. The van der Waals surface area contributed by atoms with E-state index < -0.39 is 5.54 Å². The molecule has 1 aliphatic rings. The highest BCUT2D eigenvalue weighted by molar-refractivity contribution is 6.32. The van der Waals surface area contributed by atoms with Crippen LogP contribution in [0.5, 0.6) is 5.75 Å². The molecule has 0 aromatic heterocycles. The number of hydrogen-bond donors (Lipinski definition) is 2. The van der Waals surface area contributed by atoms with Crippen LogP contribution in [0.2, 0.25) is 5.02 Å². The van der Waals surface area contributed by atoms with E-state index in [1.165, 1.54) is 6.42 Å². The summed E-state index contributed by atoms with van der Waals surface area (Å²) in [4.78, 5) is 0. The van der Waals surface area contributed by atoms with Crippen LogP contribution in [0.3, 0.4) is 0 Å². The third kappa shape index (κ3) is 2.43. The fourth-order valence-corrected chi connectivity index (χ4v) is 2.93. The summed E-state index contributed by atoms with van der Waals surface area (Å²) in [5.41, 5.74) is 8.04. The van der Waals surface area contributed by atoms with Crippen molar-refractivity contribution in [2.24, 2.45) is 5.73 Å². The lowest BCUT2D eigenvalue weighted by Crippen LogP contribution is -2.38. The lowest BCUT2D eigenvalue weighted by Gasteiger charge is -2.34. The van der Waals surface area contributed by atoms with Crippen LogP contribution in [0, 0.1) is 0 Å². The number of phenolic OH excluding ortho intramolecular Hbond substituents is 1. The zero-order valence-corrected chi connectivity index (χ0v) is 11.1. The molecular weight excluding hydrogens is 234 g/mol. The van der Waals surface area contributed by atoms with Crippen LogP contribution in [0.25, 0.3) is 0 Å². The van der Waals surface area contributed by atoms with E-state index in [1.54, 1.807) is 0 Å². The molecule has 3 heteroatoms. The molecule has 0 radical (unpaired) electrons. The van der Waals surface area contributed by atoms with Crippen LogP contribution in [0.15, 0.2) is 12.1 Å². The van der Waals surface area contributed by atoms with Gasteiger partial charge in [0, 0.05) is 11.1 Å². The summed E-state index contributed by atoms with van der Waals surface area (Å²) in [7, 11) is 0. The second-order valence-corrected chi connectivity index (χ2v) is 5.45. The smallest absolute Gasteiger partial charge is 0.139 e. The van der Waals surface area contributed by atoms with Crippen molar-refractivity contribution in [2.75, 3.05) is 0 Å². The maximum atomic E-state index is 10.1. The van der Waals surface area contributed by atoms with Crippen molar-refractivity contribution in [1.29, 1.82) is 0 Å². The number of rotatable bonds is 2. The van der Waals surface area contributed by atoms with Crippen LogP contribution in [0.1, 0.15) is 50.2 Å². The van der Waals surface area contributed by atoms with E-state index in [4.69, 9.17) is 17.3 Å². The Morgan fingerprint density at radius 2 is 1.94 bits per heavy atom. The second kappa shape index (κ2) is 4.87. The Labute approximate surface area is 108 Å². The molecule has 1 aliphatic carbocycles. The van der Waals surface area contributed by atoms with Crippen LogP contribution in [0.4, 0.5) is 0 Å². The fourth-order valence-electron chi connectivity index (χ4n) is 2.69. The van der Waals surface area contributed by atoms with Gasteiger partial charge in [-0.25, -0.2) is 0 Å². The number of phenols is 1. The molecule has 0 saturated heterocycles. The Bertz CT molecular complexity index is 411. The minimum Gasteiger partial charge on any atom is -0.506 e. The molecule has 0 bridgehead atoms. The molecule has 0 unspecified atom stereocenters. The molecular formula is C14H20ClNO. The van der Waals surface area contributed by atoms with Gasteiger partial charge >= 0.3 is 0 Å². The quantitative estimate of drug-likeness (QED) is 0.844. The maximum Gasteiger partial charge on any atom is 0.139 e. The van der Waals surface area contributed by atoms with Crippen molar-refractivity contribution in [1.82, 2.24) is 0 Å². The molecule has 0 heterocycles. The maximum absolute atomic E-state index is 10.1. The van der Waals surface area contributed by atoms with Gasteiger partial charge in [-0.3, -0.25) is 0 Å². The van der Waals surface area contributed by atoms with Gasteiger partial charge in [0.2, 0.25) is 0 Å². The van der Waals surface area contributed by atoms with Gasteiger partial charge in [-0.15, -0.1) is 0 Å². The number of aryl methyl sites for hydroxylation is 1. The molecule has 1 aromatic carbocycles. The van der Waals surface area contributed by atoms with Gasteiger partial charge in [0.15, 0.2) is 0 Å². The van der Waals surface area contributed by atoms with Crippen molar-refractivity contribution in [3.63, 3.8) is 0 Å². The minimum atomic E-state index is -0.392. The second-order valence-electron chi connectivity index (χ2n) is 5.04. The van der Waals surface area contributed by atoms with Gasteiger partial charge in [-0.1, -0.05) is 43.9 Å². The Morgan fingerprint density at radius 1 is 1.29 bits per heavy atom. The fraction of sp³-hybridized carbons (Fsp3) is 0.571. The number of nitrogens with two attached hydrogens (primary N) is 1. The van der Waals surface area contributed by atoms with Gasteiger partial charge < -0.3 is 10.8 Å². The normalized spacial score (nSPS) is 19.2. The van der Waals surface area contributed by atoms with Crippen molar-refractivity contribution in [3.05, 3.63) is 28.3 Å². The summed E-state index contributed by atoms with van der Waals surface area (Å²) in [6.07, 6.45) is 6.27. The van der Waals surface area contributed by atoms with E-state index in [0.29, 0.717) is 5.02 Å². The van der Waals surface area contributed by atoms with Crippen LogP contribution >= 0.6 is 11.6 Å². The summed E-state index contributed by atoms with van der Waals surface area (Å²) in [6.45, 7) is 2.08. The van der Waals surface area contributed by atoms with Gasteiger partial charge in [-0.05, 0) is 30.9 Å². The van der Waals surface area contributed by atoms with Crippen molar-refractivity contribution >= 4 is 11.6 Å². The molecule has 2 nitrogen and oxygen atoms in total. The summed E-state index contributed by atoms with van der Waals surface area (Å²) >= 11 is 6.07. The first-order valence-electron chi connectivity index (χ1n) is 6.37. The van der Waals surface area contributed by atoms with E-state index in [9.17, 15) is 5.11 Å². The monoisotopic (exact) mass is 253 g/mol. The predicted molar refractivity (Wildman–Crippen MR) is 71.4 cm³/mol. The summed E-state index contributed by atoms with van der Waals surface area (Å²) in [6, 6.07) is 3.85. The van der Waals surface area contributed by atoms with Crippen LogP contribution < -0.4 is 5.73 Å². The average molecular weight is 254 g/mol. The van der Waals surface area contributed by atoms with Crippen molar-refractivity contribution in [3.8, 4) is 5.75 Å². The van der Waals surface area contributed by atoms with Gasteiger partial charge in [0.05, 0.1) is 5.02 Å². The molecule has 2 rings (SSSR count). The number of benzene rings is 1. The molecule has 0 atom stereocenters. The van der Waals surface area contributed by atoms with Gasteiger partial charge in [0.25, 0.3) is 0 Å². The zero-order valence-electron chi connectivity index (χ0n) is 10.3. The molecule has 3 N–H and O–H groups in total. The van der Waals surface area contributed by atoms with E-state index in [-0.39, 0.29) is 5.75 Å². The third-order valence-corrected chi connectivity index (χ3v) is 4.10. The highest BCUT2D eigenvalue weighted by atomic mass is 35.5. The molecule has 0 aliphatic heterocycles. The summed E-state index contributed by atoms with van der Waals surface area (Å²) < 4.78 is 0. The molecule has 0 spiro atoms. The number of halogens is 1. The standard InChI is InChI=1S/C14H20ClNO/c1-2-10-8-11(13(17)12(15)9-10)14(16)6-4-3-5-7-14/h8-9,17H,2-7,16H2,1H3. The lowest BCUT2D eigenvalue weighted by atomic mass is 9.76. The largest absolute Gasteiger partial charge is 0.506 e. The van der Waals surface area contributed by atoms with Gasteiger partial charge in [0.1, 0.15) is 5.75 Å². The number of hydrogen-bond acceptors (Lipinski definition) is 2. The Balaban J connectivity index is 2.45. The molecule has 1 aromatic rings. The highest BCUT2D eigenvalue weighted by Crippen LogP contribution is 2.42. The molecule has 0 amide bonds. The number of aromatic hydroxyl groups is 1. The highest BCUT2D eigenvalue weighted by Gasteiger charge is 2.32. The Kier molecular flexibility index (Phi) is 3.64. The SMILES string of the molecule is CCc1cc(Cl)c(O)c(C2(N)CCCCC2)c1. The Morgan fingerprint density at radius 3 is 2.53 bits per heavy atom. The molecule has 1 fully saturated rings. The molecule has 1 saturated carbocycles. The van der Waals surface area contributed by atoms with E-state index in [0.717, 1.165) is 43.2 Å². The van der Waals surface area contributed by atoms with E-state index in [2.05, 4.69) is 6.92 Å². The van der Waals surface area contributed by atoms with Crippen molar-refractivity contribution in [2.45, 2.75) is 51.0 Å². The van der Waals surface area contributed by atoms with Crippen LogP contribution in [-0.4, -0.2) is 5.11 Å². The average Bonchev–Trinajstić information content (AvgIpc) is 2.33. The zero-order chi connectivity index (χ0) is 12.5. The lowest BCUT2D eigenvalue weighted by molar-refractivity contribution is 0.292. The first-order chi connectivity index (χ1) is 8.07. The van der Waals surface area contributed by atoms with Crippen LogP contribution in [-0.2, 0) is 12.0 Å². The third-order valence-electron chi connectivity index (χ3n) is 3.81. The topological polar surface area (TPSA) is 46.2 Å². The predicted octanol–water partition coefficient (Wildman–Crippen LogP) is 3.73. The first-order valence-corrected chi connectivity index (χ1v) is 6.75.